The first kappa shape index (κ1) is 19.3. The SMILES string of the molecule is Cc1nn(C)c(C)c1CC(=O)NCc1cccc(NC(=O)c2ccncc2)c1. The number of carbonyl (C=O) groups excluding carboxylic acids is 2. The fraction of sp³-hybridized carbons (Fsp3) is 0.238. The van der Waals surface area contributed by atoms with Crippen LogP contribution in [-0.2, 0) is 24.8 Å². The van der Waals surface area contributed by atoms with Crippen molar-refractivity contribution in [3.8, 4) is 0 Å². The van der Waals surface area contributed by atoms with Gasteiger partial charge in [0.2, 0.25) is 5.91 Å². The minimum atomic E-state index is -0.203. The van der Waals surface area contributed by atoms with Crippen LogP contribution in [0.3, 0.4) is 0 Å². The molecule has 0 spiro atoms. The second-order valence-corrected chi connectivity index (χ2v) is 6.62. The molecule has 7 heteroatoms. The Kier molecular flexibility index (Phi) is 5.84. The average molecular weight is 377 g/mol. The summed E-state index contributed by atoms with van der Waals surface area (Å²) >= 11 is 0. The molecule has 2 N–H and O–H groups in total. The first-order valence-corrected chi connectivity index (χ1v) is 9.00. The predicted octanol–water partition coefficient (Wildman–Crippen LogP) is 2.54. The first-order valence-electron chi connectivity index (χ1n) is 9.00. The average Bonchev–Trinajstić information content (AvgIpc) is 2.93. The van der Waals surface area contributed by atoms with Crippen molar-refractivity contribution in [2.75, 3.05) is 5.32 Å². The second kappa shape index (κ2) is 8.47. The summed E-state index contributed by atoms with van der Waals surface area (Å²) in [5, 5.41) is 10.1. The summed E-state index contributed by atoms with van der Waals surface area (Å²) in [5.41, 5.74) is 4.94. The van der Waals surface area contributed by atoms with Crippen molar-refractivity contribution in [1.82, 2.24) is 20.1 Å². The van der Waals surface area contributed by atoms with Crippen molar-refractivity contribution in [3.63, 3.8) is 0 Å². The van der Waals surface area contributed by atoms with Gasteiger partial charge in [-0.25, -0.2) is 0 Å². The molecule has 3 aromatic rings. The molecule has 0 unspecified atom stereocenters. The van der Waals surface area contributed by atoms with Crippen molar-refractivity contribution in [1.29, 1.82) is 0 Å². The van der Waals surface area contributed by atoms with Gasteiger partial charge in [0.25, 0.3) is 5.91 Å². The molecule has 0 aliphatic carbocycles. The molecule has 0 saturated heterocycles. The zero-order valence-electron chi connectivity index (χ0n) is 16.2. The van der Waals surface area contributed by atoms with Crippen LogP contribution in [-0.4, -0.2) is 26.6 Å². The smallest absolute Gasteiger partial charge is 0.255 e. The second-order valence-electron chi connectivity index (χ2n) is 6.62. The minimum absolute atomic E-state index is 0.0644. The van der Waals surface area contributed by atoms with Crippen LogP contribution in [0.2, 0.25) is 0 Å². The van der Waals surface area contributed by atoms with Crippen LogP contribution < -0.4 is 10.6 Å². The third-order valence-corrected chi connectivity index (χ3v) is 4.61. The lowest BCUT2D eigenvalue weighted by atomic mass is 10.1. The molecule has 3 rings (SSSR count). The molecule has 0 fully saturated rings. The Morgan fingerprint density at radius 3 is 2.54 bits per heavy atom. The molecule has 0 saturated carbocycles. The number of carbonyl (C=O) groups is 2. The number of aromatic nitrogens is 3. The number of pyridine rings is 1. The fourth-order valence-corrected chi connectivity index (χ4v) is 2.96. The molecule has 2 heterocycles. The van der Waals surface area contributed by atoms with E-state index in [1.165, 1.54) is 0 Å². The lowest BCUT2D eigenvalue weighted by Crippen LogP contribution is -2.25. The largest absolute Gasteiger partial charge is 0.352 e. The molecular weight excluding hydrogens is 354 g/mol. The van der Waals surface area contributed by atoms with Crippen molar-refractivity contribution in [3.05, 3.63) is 76.9 Å². The van der Waals surface area contributed by atoms with Crippen LogP contribution >= 0.6 is 0 Å². The summed E-state index contributed by atoms with van der Waals surface area (Å²) in [6, 6.07) is 10.7. The van der Waals surface area contributed by atoms with E-state index in [0.717, 1.165) is 22.5 Å². The summed E-state index contributed by atoms with van der Waals surface area (Å²) in [4.78, 5) is 28.5. The fourth-order valence-electron chi connectivity index (χ4n) is 2.96. The van der Waals surface area contributed by atoms with Crippen LogP contribution in [0.4, 0.5) is 5.69 Å². The highest BCUT2D eigenvalue weighted by atomic mass is 16.2. The van der Waals surface area contributed by atoms with Crippen molar-refractivity contribution >= 4 is 17.5 Å². The molecule has 7 nitrogen and oxygen atoms in total. The molecule has 0 radical (unpaired) electrons. The third-order valence-electron chi connectivity index (χ3n) is 4.61. The van der Waals surface area contributed by atoms with Gasteiger partial charge in [-0.2, -0.15) is 5.10 Å². The van der Waals surface area contributed by atoms with Gasteiger partial charge >= 0.3 is 0 Å². The van der Waals surface area contributed by atoms with E-state index in [4.69, 9.17) is 0 Å². The molecule has 2 aromatic heterocycles. The number of nitrogens with one attached hydrogen (secondary N) is 2. The van der Waals surface area contributed by atoms with Gasteiger partial charge < -0.3 is 10.6 Å². The molecule has 28 heavy (non-hydrogen) atoms. The topological polar surface area (TPSA) is 88.9 Å². The number of benzene rings is 1. The summed E-state index contributed by atoms with van der Waals surface area (Å²) < 4.78 is 1.78. The quantitative estimate of drug-likeness (QED) is 0.691. The van der Waals surface area contributed by atoms with Crippen molar-refractivity contribution in [2.45, 2.75) is 26.8 Å². The van der Waals surface area contributed by atoms with Crippen LogP contribution in [0.15, 0.2) is 48.8 Å². The summed E-state index contributed by atoms with van der Waals surface area (Å²) in [6.45, 7) is 4.25. The highest BCUT2D eigenvalue weighted by Crippen LogP contribution is 2.14. The van der Waals surface area contributed by atoms with E-state index in [1.54, 1.807) is 29.2 Å². The van der Waals surface area contributed by atoms with E-state index in [9.17, 15) is 9.59 Å². The Morgan fingerprint density at radius 2 is 1.86 bits per heavy atom. The van der Waals surface area contributed by atoms with Crippen molar-refractivity contribution < 1.29 is 9.59 Å². The number of rotatable bonds is 6. The maximum Gasteiger partial charge on any atom is 0.255 e. The zero-order chi connectivity index (χ0) is 20.1. The lowest BCUT2D eigenvalue weighted by molar-refractivity contribution is -0.120. The maximum atomic E-state index is 12.3. The van der Waals surface area contributed by atoms with Crippen LogP contribution in [0.25, 0.3) is 0 Å². The van der Waals surface area contributed by atoms with E-state index in [0.29, 0.717) is 24.2 Å². The van der Waals surface area contributed by atoms with Crippen LogP contribution in [0.1, 0.15) is 32.9 Å². The molecule has 0 aliphatic rings. The van der Waals surface area contributed by atoms with E-state index in [-0.39, 0.29) is 11.8 Å². The number of hydrogen-bond donors (Lipinski definition) is 2. The van der Waals surface area contributed by atoms with Gasteiger partial charge in [0.05, 0.1) is 12.1 Å². The highest BCUT2D eigenvalue weighted by Gasteiger charge is 2.13. The van der Waals surface area contributed by atoms with E-state index < -0.39 is 0 Å². The molecular formula is C21H23N5O2. The molecule has 0 bridgehead atoms. The Morgan fingerprint density at radius 1 is 1.11 bits per heavy atom. The molecule has 1 aromatic carbocycles. The zero-order valence-corrected chi connectivity index (χ0v) is 16.2. The van der Waals surface area contributed by atoms with E-state index in [1.807, 2.05) is 45.2 Å². The molecule has 0 atom stereocenters. The predicted molar refractivity (Wildman–Crippen MR) is 107 cm³/mol. The number of amides is 2. The first-order chi connectivity index (χ1) is 13.4. The van der Waals surface area contributed by atoms with Crippen molar-refractivity contribution in [2.24, 2.45) is 7.05 Å². The van der Waals surface area contributed by atoms with E-state index >= 15 is 0 Å². The summed E-state index contributed by atoms with van der Waals surface area (Å²) in [7, 11) is 1.87. The number of nitrogens with zero attached hydrogens (tertiary/aromatic N) is 3. The van der Waals surface area contributed by atoms with Crippen LogP contribution in [0, 0.1) is 13.8 Å². The Labute approximate surface area is 163 Å². The van der Waals surface area contributed by atoms with Gasteiger partial charge in [-0.1, -0.05) is 12.1 Å². The van der Waals surface area contributed by atoms with Gasteiger partial charge in [-0.05, 0) is 43.7 Å². The summed E-state index contributed by atoms with van der Waals surface area (Å²) in [6.07, 6.45) is 3.45. The van der Waals surface area contributed by atoms with Crippen LogP contribution in [0.5, 0.6) is 0 Å². The Bertz CT molecular complexity index is 995. The number of hydrogen-bond acceptors (Lipinski definition) is 4. The normalized spacial score (nSPS) is 10.5. The van der Waals surface area contributed by atoms with Gasteiger partial charge in [0.1, 0.15) is 0 Å². The molecule has 144 valence electrons. The summed E-state index contributed by atoms with van der Waals surface area (Å²) in [5.74, 6) is -0.267. The number of anilines is 1. The van der Waals surface area contributed by atoms with Gasteiger partial charge in [-0.15, -0.1) is 0 Å². The lowest BCUT2D eigenvalue weighted by Gasteiger charge is -2.09. The maximum absolute atomic E-state index is 12.3. The highest BCUT2D eigenvalue weighted by molar-refractivity contribution is 6.04. The van der Waals surface area contributed by atoms with Gasteiger partial charge in [0, 0.05) is 48.5 Å². The monoisotopic (exact) mass is 377 g/mol. The Balaban J connectivity index is 1.58. The molecule has 0 aliphatic heterocycles. The number of aryl methyl sites for hydroxylation is 2. The van der Waals surface area contributed by atoms with Gasteiger partial charge in [-0.3, -0.25) is 19.3 Å². The van der Waals surface area contributed by atoms with E-state index in [2.05, 4.69) is 20.7 Å². The van der Waals surface area contributed by atoms with Gasteiger partial charge in [0.15, 0.2) is 0 Å². The standard InChI is InChI=1S/C21H23N5O2/c1-14-19(15(2)26(3)25-14)12-20(27)23-13-16-5-4-6-18(11-16)24-21(28)17-7-9-22-10-8-17/h4-11H,12-13H2,1-3H3,(H,23,27)(H,24,28). The Hall–Kier alpha value is -3.48. The minimum Gasteiger partial charge on any atom is -0.352 e. The third kappa shape index (κ3) is 4.62. The molecule has 2 amide bonds.